The van der Waals surface area contributed by atoms with Crippen molar-refractivity contribution in [1.82, 2.24) is 4.90 Å². The van der Waals surface area contributed by atoms with Crippen LogP contribution in [-0.4, -0.2) is 11.4 Å². The molecule has 19 heavy (non-hydrogen) atoms. The van der Waals surface area contributed by atoms with Crippen LogP contribution < -0.4 is 0 Å². The minimum absolute atomic E-state index is 0.270. The molecular formula is C14H11ClF3N. The van der Waals surface area contributed by atoms with Crippen molar-refractivity contribution in [2.24, 2.45) is 0 Å². The van der Waals surface area contributed by atoms with E-state index in [1.54, 1.807) is 11.8 Å². The van der Waals surface area contributed by atoms with Gasteiger partial charge in [-0.25, -0.2) is 13.2 Å². The summed E-state index contributed by atoms with van der Waals surface area (Å²) >= 11 is 5.93. The highest BCUT2D eigenvalue weighted by molar-refractivity contribution is 6.32. The number of hydrogen-bond acceptors (Lipinski definition) is 1. The lowest BCUT2D eigenvalue weighted by molar-refractivity contribution is 0.498. The summed E-state index contributed by atoms with van der Waals surface area (Å²) < 4.78 is 40.5. The van der Waals surface area contributed by atoms with Crippen molar-refractivity contribution in [3.8, 4) is 0 Å². The van der Waals surface area contributed by atoms with Crippen LogP contribution in [0.15, 0.2) is 41.6 Å². The van der Waals surface area contributed by atoms with Gasteiger partial charge in [-0.15, -0.1) is 0 Å². The Morgan fingerprint density at radius 3 is 2.26 bits per heavy atom. The zero-order valence-electron chi connectivity index (χ0n) is 10.2. The van der Waals surface area contributed by atoms with Gasteiger partial charge in [-0.3, -0.25) is 0 Å². The Labute approximate surface area is 114 Å². The van der Waals surface area contributed by atoms with Crippen LogP contribution in [0.1, 0.15) is 12.5 Å². The highest BCUT2D eigenvalue weighted by Crippen LogP contribution is 2.34. The van der Waals surface area contributed by atoms with Crippen LogP contribution in [0.3, 0.4) is 0 Å². The summed E-state index contributed by atoms with van der Waals surface area (Å²) in [5.74, 6) is -2.87. The second kappa shape index (κ2) is 5.13. The molecule has 0 saturated heterocycles. The van der Waals surface area contributed by atoms with Crippen molar-refractivity contribution in [2.45, 2.75) is 6.92 Å². The molecule has 0 unspecified atom stereocenters. The highest BCUT2D eigenvalue weighted by atomic mass is 35.5. The first-order chi connectivity index (χ1) is 8.95. The molecule has 0 spiro atoms. The molecule has 2 rings (SSSR count). The Morgan fingerprint density at radius 2 is 1.74 bits per heavy atom. The van der Waals surface area contributed by atoms with Crippen molar-refractivity contribution in [2.75, 3.05) is 6.54 Å². The zero-order chi connectivity index (χ0) is 14.2. The molecule has 1 aliphatic heterocycles. The Kier molecular flexibility index (Phi) is 3.71. The Morgan fingerprint density at radius 1 is 1.16 bits per heavy atom. The van der Waals surface area contributed by atoms with Crippen molar-refractivity contribution in [1.29, 1.82) is 0 Å². The van der Waals surface area contributed by atoms with E-state index in [-0.39, 0.29) is 11.3 Å². The summed E-state index contributed by atoms with van der Waals surface area (Å²) in [6, 6.07) is 1.30. The van der Waals surface area contributed by atoms with Gasteiger partial charge in [0.25, 0.3) is 0 Å². The van der Waals surface area contributed by atoms with Gasteiger partial charge in [-0.1, -0.05) is 18.2 Å². The molecule has 0 radical (unpaired) electrons. The van der Waals surface area contributed by atoms with Gasteiger partial charge < -0.3 is 4.90 Å². The number of allylic oxidation sites excluding steroid dienone is 3. The number of hydrogen-bond donors (Lipinski definition) is 0. The molecule has 0 amide bonds. The largest absolute Gasteiger partial charge is 0.340 e. The molecule has 0 saturated carbocycles. The molecule has 0 aromatic heterocycles. The van der Waals surface area contributed by atoms with Gasteiger partial charge in [-0.05, 0) is 19.1 Å². The maximum atomic E-state index is 13.8. The van der Waals surface area contributed by atoms with Gasteiger partial charge in [0.05, 0.1) is 22.0 Å². The van der Waals surface area contributed by atoms with Gasteiger partial charge in [-0.2, -0.15) is 0 Å². The van der Waals surface area contributed by atoms with Crippen molar-refractivity contribution < 1.29 is 13.2 Å². The smallest absolute Gasteiger partial charge is 0.138 e. The normalized spacial score (nSPS) is 15.4. The van der Waals surface area contributed by atoms with Gasteiger partial charge in [0.15, 0.2) is 0 Å². The van der Waals surface area contributed by atoms with Crippen molar-refractivity contribution in [3.63, 3.8) is 0 Å². The molecule has 100 valence electrons. The van der Waals surface area contributed by atoms with Gasteiger partial charge >= 0.3 is 0 Å². The van der Waals surface area contributed by atoms with Crippen LogP contribution in [-0.2, 0) is 0 Å². The van der Waals surface area contributed by atoms with Gasteiger partial charge in [0.1, 0.15) is 17.5 Å². The van der Waals surface area contributed by atoms with Crippen LogP contribution in [0, 0.1) is 17.5 Å². The number of benzene rings is 1. The maximum absolute atomic E-state index is 13.8. The van der Waals surface area contributed by atoms with Crippen LogP contribution in [0.4, 0.5) is 13.2 Å². The third kappa shape index (κ3) is 2.40. The first kappa shape index (κ1) is 13.7. The van der Waals surface area contributed by atoms with E-state index < -0.39 is 17.5 Å². The molecule has 0 N–H and O–H groups in total. The predicted molar refractivity (Wildman–Crippen MR) is 69.7 cm³/mol. The minimum atomic E-state index is -0.957. The Bertz CT molecular complexity index is 582. The molecule has 0 bridgehead atoms. The van der Waals surface area contributed by atoms with E-state index in [0.717, 1.165) is 0 Å². The summed E-state index contributed by atoms with van der Waals surface area (Å²) in [5.41, 5.74) is 0.432. The molecule has 0 aliphatic carbocycles. The number of rotatable bonds is 2. The maximum Gasteiger partial charge on any atom is 0.138 e. The summed E-state index contributed by atoms with van der Waals surface area (Å²) in [6.07, 6.45) is 2.99. The fraction of sp³-hybridized carbons (Fsp3) is 0.143. The van der Waals surface area contributed by atoms with Gasteiger partial charge in [0, 0.05) is 18.7 Å². The fourth-order valence-electron chi connectivity index (χ4n) is 1.98. The SMILES string of the molecule is C=C1C(Cl)=CC=C(c2c(F)cc(F)cc2F)N1CC. The van der Waals surface area contributed by atoms with Crippen molar-refractivity contribution >= 4 is 17.3 Å². The highest BCUT2D eigenvalue weighted by Gasteiger charge is 2.24. The number of likely N-dealkylation sites (N-methyl/N-ethyl adjacent to an activating group) is 1. The topological polar surface area (TPSA) is 3.24 Å². The second-order valence-corrected chi connectivity index (χ2v) is 4.41. The van der Waals surface area contributed by atoms with E-state index in [0.29, 0.717) is 29.4 Å². The summed E-state index contributed by atoms with van der Waals surface area (Å²) in [6.45, 7) is 6.00. The summed E-state index contributed by atoms with van der Waals surface area (Å²) in [4.78, 5) is 1.57. The lowest BCUT2D eigenvalue weighted by Gasteiger charge is -2.30. The lowest BCUT2D eigenvalue weighted by atomic mass is 10.1. The average Bonchev–Trinajstić information content (AvgIpc) is 2.32. The van der Waals surface area contributed by atoms with E-state index in [1.807, 2.05) is 0 Å². The van der Waals surface area contributed by atoms with Crippen LogP contribution >= 0.6 is 11.6 Å². The van der Waals surface area contributed by atoms with E-state index in [4.69, 9.17) is 11.6 Å². The van der Waals surface area contributed by atoms with Crippen molar-refractivity contribution in [3.05, 3.63) is 64.6 Å². The molecule has 1 aliphatic rings. The monoisotopic (exact) mass is 285 g/mol. The van der Waals surface area contributed by atoms with Crippen LogP contribution in [0.25, 0.3) is 5.70 Å². The Hall–Kier alpha value is -1.68. The third-order valence-electron chi connectivity index (χ3n) is 2.86. The molecular weight excluding hydrogens is 275 g/mol. The van der Waals surface area contributed by atoms with Crippen LogP contribution in [0.5, 0.6) is 0 Å². The fourth-order valence-corrected chi connectivity index (χ4v) is 2.14. The summed E-state index contributed by atoms with van der Waals surface area (Å²) in [7, 11) is 0. The molecule has 0 fully saturated rings. The molecule has 1 aromatic carbocycles. The van der Waals surface area contributed by atoms with E-state index in [1.165, 1.54) is 12.2 Å². The molecule has 1 aromatic rings. The average molecular weight is 286 g/mol. The van der Waals surface area contributed by atoms with E-state index in [2.05, 4.69) is 6.58 Å². The van der Waals surface area contributed by atoms with E-state index >= 15 is 0 Å². The molecule has 5 heteroatoms. The summed E-state index contributed by atoms with van der Waals surface area (Å²) in [5, 5.41) is 0.397. The lowest BCUT2D eigenvalue weighted by Crippen LogP contribution is -2.24. The van der Waals surface area contributed by atoms with Gasteiger partial charge in [0.2, 0.25) is 0 Å². The second-order valence-electron chi connectivity index (χ2n) is 4.00. The molecule has 0 atom stereocenters. The van der Waals surface area contributed by atoms with E-state index in [9.17, 15) is 13.2 Å². The first-order valence-electron chi connectivity index (χ1n) is 5.65. The Balaban J connectivity index is 2.61. The molecule has 1 nitrogen and oxygen atoms in total. The number of halogens is 4. The zero-order valence-corrected chi connectivity index (χ0v) is 10.9. The molecule has 1 heterocycles. The minimum Gasteiger partial charge on any atom is -0.340 e. The predicted octanol–water partition coefficient (Wildman–Crippen LogP) is 4.42. The standard InChI is InChI=1S/C14H11ClF3N/c1-3-19-8(2)10(15)4-5-13(19)14-11(17)6-9(16)7-12(14)18/h4-7H,2-3H2,1H3. The first-order valence-corrected chi connectivity index (χ1v) is 6.02. The number of nitrogens with zero attached hydrogens (tertiary/aromatic N) is 1. The third-order valence-corrected chi connectivity index (χ3v) is 3.20. The quantitative estimate of drug-likeness (QED) is 0.778. The van der Waals surface area contributed by atoms with Crippen LogP contribution in [0.2, 0.25) is 0 Å².